The molecule has 1 aliphatic heterocycles. The predicted octanol–water partition coefficient (Wildman–Crippen LogP) is 2.10. The van der Waals surface area contributed by atoms with Crippen LogP contribution in [0.1, 0.15) is 13.8 Å². The molecule has 0 atom stereocenters. The van der Waals surface area contributed by atoms with Gasteiger partial charge >= 0.3 is 5.97 Å². The SMILES string of the molecule is CC.O=C(O)CN1C[CH-]C1.[Y].[c-]1ccccc1. The molecule has 0 aromatic heterocycles. The number of rotatable bonds is 2. The quantitative estimate of drug-likeness (QED) is 0.851. The van der Waals surface area contributed by atoms with Crippen molar-refractivity contribution in [1.29, 1.82) is 0 Å². The Bertz CT molecular complexity index is 237. The summed E-state index contributed by atoms with van der Waals surface area (Å²) in [5, 5.41) is 8.19. The molecular formula is C13H19NO2Y-2. The third-order valence-electron chi connectivity index (χ3n) is 1.74. The summed E-state index contributed by atoms with van der Waals surface area (Å²) in [6, 6.07) is 12.5. The van der Waals surface area contributed by atoms with E-state index < -0.39 is 5.97 Å². The van der Waals surface area contributed by atoms with Crippen molar-refractivity contribution in [3.8, 4) is 0 Å². The van der Waals surface area contributed by atoms with Gasteiger partial charge in [0.1, 0.15) is 0 Å². The van der Waals surface area contributed by atoms with Gasteiger partial charge in [0, 0.05) is 32.7 Å². The van der Waals surface area contributed by atoms with E-state index in [1.165, 1.54) is 0 Å². The Kier molecular flexibility index (Phi) is 15.5. The number of benzene rings is 1. The van der Waals surface area contributed by atoms with Gasteiger partial charge in [0.05, 0.1) is 6.54 Å². The van der Waals surface area contributed by atoms with Crippen LogP contribution in [0.15, 0.2) is 30.3 Å². The van der Waals surface area contributed by atoms with Crippen LogP contribution in [0, 0.1) is 12.5 Å². The van der Waals surface area contributed by atoms with Gasteiger partial charge in [-0.3, -0.25) is 4.79 Å². The maximum absolute atomic E-state index is 9.95. The Morgan fingerprint density at radius 3 is 1.94 bits per heavy atom. The molecule has 1 aromatic rings. The molecule has 0 bridgehead atoms. The molecular weight excluding hydrogens is 291 g/mol. The van der Waals surface area contributed by atoms with Gasteiger partial charge in [0.2, 0.25) is 0 Å². The molecule has 0 spiro atoms. The smallest absolute Gasteiger partial charge is 0.317 e. The standard InChI is InChI=1S/C6H5.C5H8NO2.C2H6.Y/c1-2-4-6-5-3-1;7-5(8)4-6-2-1-3-6;1-2;/h1-5H;1H,2-4H2,(H,7,8);1-2H3;/q2*-1;;. The summed E-state index contributed by atoms with van der Waals surface area (Å²) >= 11 is 0. The number of carbonyl (C=O) groups is 1. The minimum Gasteiger partial charge on any atom is -0.480 e. The van der Waals surface area contributed by atoms with Crippen LogP contribution >= 0.6 is 0 Å². The van der Waals surface area contributed by atoms with Gasteiger partial charge in [0.25, 0.3) is 0 Å². The minimum atomic E-state index is -0.738. The van der Waals surface area contributed by atoms with Crippen molar-refractivity contribution in [2.45, 2.75) is 13.8 Å². The van der Waals surface area contributed by atoms with E-state index in [-0.39, 0.29) is 39.3 Å². The Labute approximate surface area is 129 Å². The molecule has 0 aliphatic carbocycles. The van der Waals surface area contributed by atoms with E-state index in [4.69, 9.17) is 5.11 Å². The van der Waals surface area contributed by atoms with E-state index in [0.29, 0.717) is 0 Å². The number of carboxylic acid groups (broad SMARTS) is 1. The number of carboxylic acids is 1. The van der Waals surface area contributed by atoms with Crippen LogP contribution in [0.2, 0.25) is 0 Å². The molecule has 2 rings (SSSR count). The van der Waals surface area contributed by atoms with E-state index in [2.05, 4.69) is 6.07 Å². The second-order valence-corrected chi connectivity index (χ2v) is 2.95. The fourth-order valence-electron chi connectivity index (χ4n) is 0.974. The largest absolute Gasteiger partial charge is 0.480 e. The summed E-state index contributed by atoms with van der Waals surface area (Å²) in [7, 11) is 0. The van der Waals surface area contributed by atoms with Gasteiger partial charge in [0.15, 0.2) is 0 Å². The van der Waals surface area contributed by atoms with Gasteiger partial charge in [-0.2, -0.15) is 36.4 Å². The molecule has 1 heterocycles. The van der Waals surface area contributed by atoms with Crippen molar-refractivity contribution in [3.05, 3.63) is 42.8 Å². The van der Waals surface area contributed by atoms with Crippen molar-refractivity contribution in [1.82, 2.24) is 4.90 Å². The molecule has 0 unspecified atom stereocenters. The fraction of sp³-hybridized carbons (Fsp3) is 0.385. The molecule has 93 valence electrons. The van der Waals surface area contributed by atoms with Crippen LogP contribution in [-0.2, 0) is 37.5 Å². The first-order valence-electron chi connectivity index (χ1n) is 5.46. The summed E-state index contributed by atoms with van der Waals surface area (Å²) in [6.45, 7) is 5.87. The van der Waals surface area contributed by atoms with E-state index in [0.717, 1.165) is 13.1 Å². The second kappa shape index (κ2) is 13.8. The molecule has 17 heavy (non-hydrogen) atoms. The number of hydrogen-bond acceptors (Lipinski definition) is 2. The molecule has 1 N–H and O–H groups in total. The zero-order valence-electron chi connectivity index (χ0n) is 10.5. The molecule has 1 aromatic carbocycles. The minimum absolute atomic E-state index is 0. The van der Waals surface area contributed by atoms with Crippen molar-refractivity contribution < 1.29 is 42.6 Å². The number of hydrogen-bond donors (Lipinski definition) is 1. The fourth-order valence-corrected chi connectivity index (χ4v) is 0.974. The Hall–Kier alpha value is -0.246. The van der Waals surface area contributed by atoms with Gasteiger partial charge in [-0.15, -0.1) is 13.1 Å². The van der Waals surface area contributed by atoms with Crippen molar-refractivity contribution in [2.75, 3.05) is 19.6 Å². The topological polar surface area (TPSA) is 40.5 Å². The molecule has 3 nitrogen and oxygen atoms in total. The average Bonchev–Trinajstić information content (AvgIpc) is 2.30. The van der Waals surface area contributed by atoms with Gasteiger partial charge in [-0.25, -0.2) is 0 Å². The molecule has 4 heteroatoms. The van der Waals surface area contributed by atoms with E-state index in [1.54, 1.807) is 0 Å². The van der Waals surface area contributed by atoms with Crippen molar-refractivity contribution >= 4 is 5.97 Å². The molecule has 1 saturated heterocycles. The summed E-state index contributed by atoms with van der Waals surface area (Å²) < 4.78 is 0. The van der Waals surface area contributed by atoms with Crippen LogP contribution in [0.3, 0.4) is 0 Å². The Morgan fingerprint density at radius 1 is 1.29 bits per heavy atom. The van der Waals surface area contributed by atoms with Crippen LogP contribution in [-0.4, -0.2) is 35.6 Å². The third kappa shape index (κ3) is 12.0. The normalized spacial score (nSPS) is 12.6. The van der Waals surface area contributed by atoms with Crippen LogP contribution in [0.25, 0.3) is 0 Å². The van der Waals surface area contributed by atoms with E-state index in [9.17, 15) is 4.79 Å². The summed E-state index contributed by atoms with van der Waals surface area (Å²) in [4.78, 5) is 11.8. The zero-order valence-corrected chi connectivity index (χ0v) is 13.3. The maximum Gasteiger partial charge on any atom is 0.317 e. The average molecular weight is 310 g/mol. The third-order valence-corrected chi connectivity index (χ3v) is 1.74. The molecule has 1 radical (unpaired) electrons. The number of likely N-dealkylation sites (tertiary alicyclic amines) is 1. The van der Waals surface area contributed by atoms with Crippen LogP contribution in [0.4, 0.5) is 0 Å². The van der Waals surface area contributed by atoms with E-state index >= 15 is 0 Å². The van der Waals surface area contributed by atoms with Gasteiger partial charge in [-0.05, 0) is 0 Å². The molecule has 0 amide bonds. The first-order valence-corrected chi connectivity index (χ1v) is 5.46. The van der Waals surface area contributed by atoms with Gasteiger partial charge in [-0.1, -0.05) is 13.8 Å². The zero-order chi connectivity index (χ0) is 12.2. The first-order chi connectivity index (χ1) is 7.79. The molecule has 1 fully saturated rings. The Balaban J connectivity index is 0. The monoisotopic (exact) mass is 310 g/mol. The number of nitrogens with zero attached hydrogens (tertiary/aromatic N) is 1. The summed E-state index contributed by atoms with van der Waals surface area (Å²) in [5.41, 5.74) is 0. The van der Waals surface area contributed by atoms with Crippen molar-refractivity contribution in [2.24, 2.45) is 0 Å². The van der Waals surface area contributed by atoms with Crippen molar-refractivity contribution in [3.63, 3.8) is 0 Å². The number of aliphatic carboxylic acids is 1. The van der Waals surface area contributed by atoms with Crippen LogP contribution in [0.5, 0.6) is 0 Å². The first kappa shape index (κ1) is 19.1. The summed E-state index contributed by atoms with van der Waals surface area (Å²) in [5.74, 6) is -0.738. The van der Waals surface area contributed by atoms with Gasteiger partial charge < -0.3 is 16.4 Å². The van der Waals surface area contributed by atoms with E-state index in [1.807, 2.05) is 55.5 Å². The molecule has 1 aliphatic rings. The Morgan fingerprint density at radius 2 is 1.82 bits per heavy atom. The molecule has 0 saturated carbocycles. The summed E-state index contributed by atoms with van der Waals surface area (Å²) in [6.07, 6.45) is 2.04. The second-order valence-electron chi connectivity index (χ2n) is 2.95. The maximum atomic E-state index is 9.95. The predicted molar refractivity (Wildman–Crippen MR) is 65.0 cm³/mol. The van der Waals surface area contributed by atoms with Crippen LogP contribution < -0.4 is 0 Å².